The van der Waals surface area contributed by atoms with E-state index in [1.807, 2.05) is 6.26 Å². The summed E-state index contributed by atoms with van der Waals surface area (Å²) in [6.07, 6.45) is 4.49. The molecule has 0 aromatic heterocycles. The second-order valence-corrected chi connectivity index (χ2v) is 5.95. The normalized spacial score (nSPS) is 21.8. The van der Waals surface area contributed by atoms with Crippen LogP contribution >= 0.6 is 11.8 Å². The fourth-order valence-electron chi connectivity index (χ4n) is 2.51. The van der Waals surface area contributed by atoms with Crippen LogP contribution in [0.5, 0.6) is 0 Å². The van der Waals surface area contributed by atoms with Gasteiger partial charge in [-0.3, -0.25) is 14.9 Å². The monoisotopic (exact) mass is 310 g/mol. The fourth-order valence-corrected chi connectivity index (χ4v) is 2.95. The van der Waals surface area contributed by atoms with Gasteiger partial charge in [-0.05, 0) is 31.2 Å². The Hall–Kier alpha value is -1.60. The summed E-state index contributed by atoms with van der Waals surface area (Å²) in [6, 6.07) is 4.16. The number of nitrogens with one attached hydrogen (secondary N) is 1. The van der Waals surface area contributed by atoms with Crippen molar-refractivity contribution in [1.82, 2.24) is 5.32 Å². The Morgan fingerprint density at radius 1 is 1.43 bits per heavy atom. The molecule has 7 heteroatoms. The Morgan fingerprint density at radius 3 is 2.76 bits per heavy atom. The number of nitro groups is 1. The molecule has 1 aromatic rings. The molecule has 0 heterocycles. The second kappa shape index (κ2) is 6.91. The van der Waals surface area contributed by atoms with Gasteiger partial charge in [-0.2, -0.15) is 0 Å². The number of hydrogen-bond acceptors (Lipinski definition) is 5. The van der Waals surface area contributed by atoms with Crippen molar-refractivity contribution in [3.8, 4) is 0 Å². The van der Waals surface area contributed by atoms with Gasteiger partial charge in [0.05, 0.1) is 17.1 Å². The van der Waals surface area contributed by atoms with Crippen LogP contribution in [-0.4, -0.2) is 34.3 Å². The molecule has 1 saturated carbocycles. The minimum absolute atomic E-state index is 0.0459. The van der Waals surface area contributed by atoms with E-state index in [9.17, 15) is 20.0 Å². The summed E-state index contributed by atoms with van der Waals surface area (Å²) in [5.74, 6) is -0.497. The Morgan fingerprint density at radius 2 is 2.14 bits per heavy atom. The standard InChI is InChI=1S/C14H18N2O4S/c1-21-9-6-7-12(16(19)20)10(8-9)14(18)15-11-4-2-3-5-13(11)17/h6-8,11,13,17H,2-5H2,1H3,(H,15,18)/t11-,13-/m1/s1. The average molecular weight is 310 g/mol. The summed E-state index contributed by atoms with van der Waals surface area (Å²) >= 11 is 1.42. The summed E-state index contributed by atoms with van der Waals surface area (Å²) < 4.78 is 0. The summed E-state index contributed by atoms with van der Waals surface area (Å²) in [5.41, 5.74) is -0.166. The van der Waals surface area contributed by atoms with E-state index >= 15 is 0 Å². The number of benzene rings is 1. The van der Waals surface area contributed by atoms with E-state index in [4.69, 9.17) is 0 Å². The maximum absolute atomic E-state index is 12.3. The van der Waals surface area contributed by atoms with Gasteiger partial charge < -0.3 is 10.4 Å². The number of carbonyl (C=O) groups is 1. The third kappa shape index (κ3) is 3.74. The molecule has 21 heavy (non-hydrogen) atoms. The molecule has 2 atom stereocenters. The maximum Gasteiger partial charge on any atom is 0.282 e. The average Bonchev–Trinajstić information content (AvgIpc) is 2.48. The van der Waals surface area contributed by atoms with Crippen molar-refractivity contribution in [2.45, 2.75) is 42.7 Å². The molecule has 114 valence electrons. The lowest BCUT2D eigenvalue weighted by molar-refractivity contribution is -0.385. The van der Waals surface area contributed by atoms with Gasteiger partial charge in [0, 0.05) is 11.0 Å². The number of nitrogens with zero attached hydrogens (tertiary/aromatic N) is 1. The number of rotatable bonds is 4. The molecule has 2 N–H and O–H groups in total. The topological polar surface area (TPSA) is 92.5 Å². The summed E-state index contributed by atoms with van der Waals surface area (Å²) in [6.45, 7) is 0. The lowest BCUT2D eigenvalue weighted by Gasteiger charge is -2.28. The van der Waals surface area contributed by atoms with Gasteiger partial charge >= 0.3 is 0 Å². The molecule has 1 amide bonds. The van der Waals surface area contributed by atoms with Gasteiger partial charge in [-0.15, -0.1) is 11.8 Å². The van der Waals surface area contributed by atoms with E-state index < -0.39 is 16.9 Å². The zero-order valence-corrected chi connectivity index (χ0v) is 12.6. The highest BCUT2D eigenvalue weighted by atomic mass is 32.2. The minimum Gasteiger partial charge on any atom is -0.391 e. The number of hydrogen-bond donors (Lipinski definition) is 2. The van der Waals surface area contributed by atoms with Crippen molar-refractivity contribution in [3.63, 3.8) is 0 Å². The van der Waals surface area contributed by atoms with Gasteiger partial charge in [0.2, 0.25) is 0 Å². The zero-order chi connectivity index (χ0) is 15.4. The first-order valence-corrected chi connectivity index (χ1v) is 8.06. The highest BCUT2D eigenvalue weighted by Gasteiger charge is 2.27. The van der Waals surface area contributed by atoms with Gasteiger partial charge in [0.15, 0.2) is 0 Å². The molecule has 0 aliphatic heterocycles. The smallest absolute Gasteiger partial charge is 0.282 e. The number of nitro benzene ring substituents is 1. The maximum atomic E-state index is 12.3. The predicted octanol–water partition coefficient (Wildman–Crippen LogP) is 2.35. The molecule has 1 fully saturated rings. The van der Waals surface area contributed by atoms with Crippen LogP contribution in [0.3, 0.4) is 0 Å². The highest BCUT2D eigenvalue weighted by molar-refractivity contribution is 7.98. The van der Waals surface area contributed by atoms with Crippen LogP contribution in [0.1, 0.15) is 36.0 Å². The number of aliphatic hydroxyl groups excluding tert-OH is 1. The lowest BCUT2D eigenvalue weighted by atomic mass is 9.92. The Bertz CT molecular complexity index is 550. The first-order valence-electron chi connectivity index (χ1n) is 6.84. The van der Waals surface area contributed by atoms with Gasteiger partial charge in [0.25, 0.3) is 11.6 Å². The van der Waals surface area contributed by atoms with E-state index in [2.05, 4.69) is 5.32 Å². The second-order valence-electron chi connectivity index (χ2n) is 5.07. The number of amides is 1. The lowest BCUT2D eigenvalue weighted by Crippen LogP contribution is -2.45. The van der Waals surface area contributed by atoms with Crippen LogP contribution in [0.15, 0.2) is 23.1 Å². The van der Waals surface area contributed by atoms with Crippen LogP contribution < -0.4 is 5.32 Å². The molecule has 0 bridgehead atoms. The fraction of sp³-hybridized carbons (Fsp3) is 0.500. The third-order valence-corrected chi connectivity index (χ3v) is 4.42. The molecule has 0 saturated heterocycles. The SMILES string of the molecule is CSc1ccc([N+](=O)[O-])c(C(=O)N[C@@H]2CCCC[C@H]2O)c1. The number of aliphatic hydroxyl groups is 1. The predicted molar refractivity (Wildman–Crippen MR) is 80.6 cm³/mol. The largest absolute Gasteiger partial charge is 0.391 e. The van der Waals surface area contributed by atoms with Gasteiger partial charge in [0.1, 0.15) is 5.56 Å². The molecule has 0 spiro atoms. The molecule has 6 nitrogen and oxygen atoms in total. The van der Waals surface area contributed by atoms with E-state index in [-0.39, 0.29) is 17.3 Å². The molecule has 0 unspecified atom stereocenters. The highest BCUT2D eigenvalue weighted by Crippen LogP contribution is 2.26. The van der Waals surface area contributed by atoms with Gasteiger partial charge in [-0.1, -0.05) is 12.8 Å². The van der Waals surface area contributed by atoms with Crippen LogP contribution in [0.25, 0.3) is 0 Å². The van der Waals surface area contributed by atoms with Crippen LogP contribution in [0, 0.1) is 10.1 Å². The van der Waals surface area contributed by atoms with E-state index in [0.29, 0.717) is 12.8 Å². The van der Waals surface area contributed by atoms with Gasteiger partial charge in [-0.25, -0.2) is 0 Å². The zero-order valence-electron chi connectivity index (χ0n) is 11.7. The minimum atomic E-state index is -0.578. The van der Waals surface area contributed by atoms with Crippen LogP contribution in [-0.2, 0) is 0 Å². The van der Waals surface area contributed by atoms with E-state index in [1.54, 1.807) is 6.07 Å². The van der Waals surface area contributed by atoms with Crippen LogP contribution in [0.4, 0.5) is 5.69 Å². The molecule has 1 aliphatic carbocycles. The van der Waals surface area contributed by atoms with Crippen molar-refractivity contribution in [1.29, 1.82) is 0 Å². The van der Waals surface area contributed by atoms with Crippen molar-refractivity contribution in [2.24, 2.45) is 0 Å². The van der Waals surface area contributed by atoms with Crippen molar-refractivity contribution < 1.29 is 14.8 Å². The quantitative estimate of drug-likeness (QED) is 0.506. The molecule has 1 aromatic carbocycles. The van der Waals surface area contributed by atoms with E-state index in [1.165, 1.54) is 23.9 Å². The molecular weight excluding hydrogens is 292 g/mol. The summed E-state index contributed by atoms with van der Waals surface area (Å²) in [7, 11) is 0. The summed E-state index contributed by atoms with van der Waals surface area (Å²) in [5, 5.41) is 23.7. The molecule has 0 radical (unpaired) electrons. The van der Waals surface area contributed by atoms with Crippen molar-refractivity contribution in [2.75, 3.05) is 6.26 Å². The van der Waals surface area contributed by atoms with Crippen molar-refractivity contribution >= 4 is 23.4 Å². The molecule has 1 aliphatic rings. The van der Waals surface area contributed by atoms with Crippen LogP contribution in [0.2, 0.25) is 0 Å². The number of thioether (sulfide) groups is 1. The molecule has 2 rings (SSSR count). The Balaban J connectivity index is 2.22. The van der Waals surface area contributed by atoms with Crippen molar-refractivity contribution in [3.05, 3.63) is 33.9 Å². The third-order valence-electron chi connectivity index (χ3n) is 3.69. The summed E-state index contributed by atoms with van der Waals surface area (Å²) in [4.78, 5) is 23.6. The Labute approximate surface area is 127 Å². The first kappa shape index (κ1) is 15.8. The molecular formula is C14H18N2O4S. The first-order chi connectivity index (χ1) is 10.0. The van der Waals surface area contributed by atoms with E-state index in [0.717, 1.165) is 17.7 Å². The Kier molecular flexibility index (Phi) is 5.19. The number of carbonyl (C=O) groups excluding carboxylic acids is 1.